The Bertz CT molecular complexity index is 800. The summed E-state index contributed by atoms with van der Waals surface area (Å²) in [6.45, 7) is 0.288. The zero-order valence-electron chi connectivity index (χ0n) is 13.5. The smallest absolute Gasteiger partial charge is 0.293 e. The summed E-state index contributed by atoms with van der Waals surface area (Å²) >= 11 is 11.8. The number of hydrogen-bond donors (Lipinski definition) is 3. The number of hydrogen-bond acceptors (Lipinski definition) is 6. The zero-order chi connectivity index (χ0) is 19.1. The van der Waals surface area contributed by atoms with Crippen molar-refractivity contribution < 1.29 is 14.8 Å². The molecule has 0 radical (unpaired) electrons. The van der Waals surface area contributed by atoms with Gasteiger partial charge in [0.1, 0.15) is 10.8 Å². The Morgan fingerprint density at radius 1 is 1.27 bits per heavy atom. The van der Waals surface area contributed by atoms with E-state index in [0.717, 1.165) is 0 Å². The topological polar surface area (TPSA) is 117 Å². The maximum atomic E-state index is 12.2. The van der Waals surface area contributed by atoms with Crippen molar-refractivity contribution in [3.8, 4) is 0 Å². The molecule has 0 fully saturated rings. The molecule has 2 rings (SSSR count). The molecule has 1 aromatic carbocycles. The van der Waals surface area contributed by atoms with Gasteiger partial charge in [-0.15, -0.1) is 0 Å². The summed E-state index contributed by atoms with van der Waals surface area (Å²) in [5, 5.41) is 25.8. The number of nitrogens with one attached hydrogen (secondary N) is 2. The Kier molecular flexibility index (Phi) is 7.14. The van der Waals surface area contributed by atoms with Gasteiger partial charge in [-0.3, -0.25) is 14.9 Å². The van der Waals surface area contributed by atoms with E-state index in [1.54, 1.807) is 12.1 Å². The largest absolute Gasteiger partial charge is 0.396 e. The molecule has 0 atom stereocenters. The van der Waals surface area contributed by atoms with Crippen molar-refractivity contribution in [2.75, 3.05) is 23.8 Å². The minimum absolute atomic E-state index is 0.0464. The molecule has 2 aromatic rings. The lowest BCUT2D eigenvalue weighted by Crippen LogP contribution is -2.15. The molecule has 0 saturated heterocycles. The van der Waals surface area contributed by atoms with Crippen LogP contribution in [-0.4, -0.2) is 34.1 Å². The summed E-state index contributed by atoms with van der Waals surface area (Å²) in [7, 11) is 0. The van der Waals surface area contributed by atoms with Crippen molar-refractivity contribution >= 4 is 46.2 Å². The first-order chi connectivity index (χ1) is 12.4. The molecular formula is C16H16Cl2N4O4. The third-order valence-electron chi connectivity index (χ3n) is 3.36. The maximum Gasteiger partial charge on any atom is 0.293 e. The minimum atomic E-state index is -0.571. The van der Waals surface area contributed by atoms with Crippen LogP contribution in [0.2, 0.25) is 10.2 Å². The van der Waals surface area contributed by atoms with Crippen LogP contribution in [0.1, 0.15) is 12.0 Å². The standard InChI is InChI=1S/C16H16Cl2N4O4/c17-11-7-14(22(25)26)13(19-4-1-5-23)8-12(11)21-16(24)6-10-2-3-15(18)20-9-10/h2-3,7-9,19,23H,1,4-6H2,(H,21,24). The lowest BCUT2D eigenvalue weighted by Gasteiger charge is -2.12. The Hall–Kier alpha value is -2.42. The molecule has 8 nitrogen and oxygen atoms in total. The minimum Gasteiger partial charge on any atom is -0.396 e. The molecule has 10 heteroatoms. The molecule has 1 aromatic heterocycles. The number of anilines is 2. The fourth-order valence-electron chi connectivity index (χ4n) is 2.14. The van der Waals surface area contributed by atoms with E-state index in [4.69, 9.17) is 28.3 Å². The SMILES string of the molecule is O=C(Cc1ccc(Cl)nc1)Nc1cc(NCCCO)c([N+](=O)[O-])cc1Cl. The van der Waals surface area contributed by atoms with Crippen LogP contribution in [0.3, 0.4) is 0 Å². The van der Waals surface area contributed by atoms with Crippen LogP contribution in [-0.2, 0) is 11.2 Å². The summed E-state index contributed by atoms with van der Waals surface area (Å²) in [6.07, 6.45) is 1.96. The second-order valence-electron chi connectivity index (χ2n) is 5.32. The average molecular weight is 399 g/mol. The molecule has 138 valence electrons. The van der Waals surface area contributed by atoms with Crippen molar-refractivity contribution in [1.29, 1.82) is 0 Å². The predicted molar refractivity (Wildman–Crippen MR) is 99.9 cm³/mol. The lowest BCUT2D eigenvalue weighted by atomic mass is 10.2. The number of nitro groups is 1. The van der Waals surface area contributed by atoms with Gasteiger partial charge in [0.2, 0.25) is 5.91 Å². The Morgan fingerprint density at radius 3 is 2.65 bits per heavy atom. The van der Waals surface area contributed by atoms with Gasteiger partial charge in [0, 0.05) is 25.4 Å². The second kappa shape index (κ2) is 9.33. The van der Waals surface area contributed by atoms with E-state index in [9.17, 15) is 14.9 Å². The van der Waals surface area contributed by atoms with Gasteiger partial charge in [0.15, 0.2) is 0 Å². The third kappa shape index (κ3) is 5.55. The van der Waals surface area contributed by atoms with E-state index in [1.165, 1.54) is 18.3 Å². The van der Waals surface area contributed by atoms with Crippen LogP contribution in [0.4, 0.5) is 17.1 Å². The van der Waals surface area contributed by atoms with Crippen molar-refractivity contribution in [3.05, 3.63) is 56.3 Å². The van der Waals surface area contributed by atoms with Crippen LogP contribution in [0.5, 0.6) is 0 Å². The van der Waals surface area contributed by atoms with Gasteiger partial charge in [0.05, 0.1) is 22.1 Å². The molecule has 3 N–H and O–H groups in total. The van der Waals surface area contributed by atoms with E-state index in [1.807, 2.05) is 0 Å². The van der Waals surface area contributed by atoms with Crippen molar-refractivity contribution in [3.63, 3.8) is 0 Å². The second-order valence-corrected chi connectivity index (χ2v) is 6.12. The van der Waals surface area contributed by atoms with Gasteiger partial charge in [-0.05, 0) is 24.1 Å². The third-order valence-corrected chi connectivity index (χ3v) is 3.90. The van der Waals surface area contributed by atoms with Gasteiger partial charge in [-0.1, -0.05) is 29.3 Å². The first kappa shape index (κ1) is 19.9. The molecular weight excluding hydrogens is 383 g/mol. The molecule has 0 unspecified atom stereocenters. The summed E-state index contributed by atoms with van der Waals surface area (Å²) in [5.74, 6) is -0.355. The number of carbonyl (C=O) groups is 1. The number of amides is 1. The van der Waals surface area contributed by atoms with Gasteiger partial charge < -0.3 is 15.7 Å². The maximum absolute atomic E-state index is 12.2. The number of aliphatic hydroxyl groups is 1. The molecule has 0 spiro atoms. The summed E-state index contributed by atoms with van der Waals surface area (Å²) in [4.78, 5) is 26.7. The summed E-state index contributed by atoms with van der Waals surface area (Å²) in [6, 6.07) is 5.82. The number of rotatable bonds is 8. The number of aromatic nitrogens is 1. The highest BCUT2D eigenvalue weighted by Gasteiger charge is 2.18. The summed E-state index contributed by atoms with van der Waals surface area (Å²) in [5.41, 5.74) is 0.895. The zero-order valence-corrected chi connectivity index (χ0v) is 15.0. The normalized spacial score (nSPS) is 10.4. The van der Waals surface area contributed by atoms with E-state index in [0.29, 0.717) is 23.7 Å². The number of nitro benzene ring substituents is 1. The number of aliphatic hydroxyl groups excluding tert-OH is 1. The highest BCUT2D eigenvalue weighted by molar-refractivity contribution is 6.34. The van der Waals surface area contributed by atoms with Gasteiger partial charge in [-0.2, -0.15) is 0 Å². The molecule has 26 heavy (non-hydrogen) atoms. The Morgan fingerprint density at radius 2 is 2.04 bits per heavy atom. The number of carbonyl (C=O) groups excluding carboxylic acids is 1. The Labute approximate surface area is 159 Å². The quantitative estimate of drug-likeness (QED) is 0.271. The molecule has 0 bridgehead atoms. The number of benzene rings is 1. The molecule has 0 saturated carbocycles. The number of pyridine rings is 1. The molecule has 0 aliphatic carbocycles. The lowest BCUT2D eigenvalue weighted by molar-refractivity contribution is -0.383. The van der Waals surface area contributed by atoms with E-state index in [-0.39, 0.29) is 41.0 Å². The monoisotopic (exact) mass is 398 g/mol. The van der Waals surface area contributed by atoms with Gasteiger partial charge in [0.25, 0.3) is 5.69 Å². The van der Waals surface area contributed by atoms with Crippen LogP contribution < -0.4 is 10.6 Å². The highest BCUT2D eigenvalue weighted by Crippen LogP contribution is 2.34. The highest BCUT2D eigenvalue weighted by atomic mass is 35.5. The molecule has 1 heterocycles. The first-order valence-corrected chi connectivity index (χ1v) is 8.39. The van der Waals surface area contributed by atoms with Gasteiger partial charge in [-0.25, -0.2) is 4.98 Å². The van der Waals surface area contributed by atoms with Crippen molar-refractivity contribution in [1.82, 2.24) is 4.98 Å². The molecule has 0 aliphatic rings. The van der Waals surface area contributed by atoms with Crippen molar-refractivity contribution in [2.24, 2.45) is 0 Å². The van der Waals surface area contributed by atoms with Gasteiger partial charge >= 0.3 is 0 Å². The average Bonchev–Trinajstić information content (AvgIpc) is 2.59. The van der Waals surface area contributed by atoms with E-state index in [2.05, 4.69) is 15.6 Å². The van der Waals surface area contributed by atoms with Crippen LogP contribution in [0.25, 0.3) is 0 Å². The van der Waals surface area contributed by atoms with Crippen molar-refractivity contribution in [2.45, 2.75) is 12.8 Å². The fourth-order valence-corrected chi connectivity index (χ4v) is 2.46. The van der Waals surface area contributed by atoms with Crippen LogP contribution >= 0.6 is 23.2 Å². The predicted octanol–water partition coefficient (Wildman–Crippen LogP) is 3.27. The number of nitrogens with zero attached hydrogens (tertiary/aromatic N) is 2. The summed E-state index contributed by atoms with van der Waals surface area (Å²) < 4.78 is 0. The Balaban J connectivity index is 2.16. The molecule has 1 amide bonds. The fraction of sp³-hybridized carbons (Fsp3) is 0.250. The van der Waals surface area contributed by atoms with Crippen LogP contribution in [0.15, 0.2) is 30.5 Å². The first-order valence-electron chi connectivity index (χ1n) is 7.63. The van der Waals surface area contributed by atoms with E-state index < -0.39 is 4.92 Å². The number of halogens is 2. The van der Waals surface area contributed by atoms with E-state index >= 15 is 0 Å². The molecule has 0 aliphatic heterocycles. The van der Waals surface area contributed by atoms with Crippen LogP contribution in [0, 0.1) is 10.1 Å².